The van der Waals surface area contributed by atoms with E-state index >= 15 is 0 Å². The SMILES string of the molecule is [2H]c1c([2H])c([2H])c(-c2cccc(-c3cc(C(C)(C)C)cc(C(C)(C)C)c3)c2-[n+]2[c-]n(-c3cc(Oc4ccc5c6ccccc6n(-c6cc(C(C)(C)C)ccn6)c5c4)cc(C(C)(C)C)c3)c(-c3ccc(C(C)(C)C)cc3)n2)c([2H])c1[2H]. The third kappa shape index (κ3) is 10.2. The van der Waals surface area contributed by atoms with E-state index in [-0.39, 0.29) is 44.7 Å². The minimum absolute atomic E-state index is 0.0708. The highest BCUT2D eigenvalue weighted by molar-refractivity contribution is 6.09. The van der Waals surface area contributed by atoms with Gasteiger partial charge in [-0.15, -0.1) is 5.10 Å². The lowest BCUT2D eigenvalue weighted by Crippen LogP contribution is -2.34. The van der Waals surface area contributed by atoms with Crippen molar-refractivity contribution < 1.29 is 16.3 Å². The molecule has 0 spiro atoms. The summed E-state index contributed by atoms with van der Waals surface area (Å²) in [5, 5.41) is 7.70. The van der Waals surface area contributed by atoms with Gasteiger partial charge in [-0.3, -0.25) is 9.13 Å². The topological polar surface area (TPSA) is 48.8 Å². The highest BCUT2D eigenvalue weighted by Gasteiger charge is 2.27. The first-order valence-electron chi connectivity index (χ1n) is 28.6. The maximum absolute atomic E-state index is 9.35. The molecule has 3 heterocycles. The molecule has 0 aliphatic heterocycles. The first kappa shape index (κ1) is 44.9. The Balaban J connectivity index is 1.23. The largest absolute Gasteiger partial charge is 0.458 e. The van der Waals surface area contributed by atoms with Crippen molar-refractivity contribution in [3.05, 3.63) is 204 Å². The van der Waals surface area contributed by atoms with Gasteiger partial charge in [-0.2, -0.15) is 4.68 Å². The minimum atomic E-state index is -0.458. The standard InChI is InChI=1S/C69H73N5O/c1-65(2,3)48-30-28-46(29-31-48)64-71-73(63-56(45-22-17-16-18-23-45)25-21-26-57(63)47-36-50(67(7,8)9)38-51(37-47)68(10,11)12)44-72(64)53-39-52(69(13,14)15)40-55(42-53)75-54-32-33-59-58-24-19-20-27-60(58)74(61(59)43-54)62-41-49(34-35-70-62)66(4,5)6/h16-43H,1-15H3/i16D,17D,18D,22D,23D. The maximum Gasteiger partial charge on any atom is 0.273 e. The van der Waals surface area contributed by atoms with Gasteiger partial charge in [0.25, 0.3) is 6.33 Å². The van der Waals surface area contributed by atoms with Gasteiger partial charge in [0, 0.05) is 28.6 Å². The lowest BCUT2D eigenvalue weighted by atomic mass is 9.78. The summed E-state index contributed by atoms with van der Waals surface area (Å²) in [5.41, 5.74) is 10.9. The molecule has 0 fully saturated rings. The van der Waals surface area contributed by atoms with Gasteiger partial charge in [0.05, 0.1) is 29.3 Å². The highest BCUT2D eigenvalue weighted by atomic mass is 16.5. The van der Waals surface area contributed by atoms with E-state index in [1.54, 1.807) is 4.68 Å². The van der Waals surface area contributed by atoms with Crippen LogP contribution in [0.3, 0.4) is 0 Å². The zero-order valence-corrected chi connectivity index (χ0v) is 46.4. The fourth-order valence-corrected chi connectivity index (χ4v) is 9.74. The van der Waals surface area contributed by atoms with Crippen LogP contribution < -0.4 is 9.42 Å². The van der Waals surface area contributed by atoms with Crippen molar-refractivity contribution >= 4 is 21.8 Å². The molecule has 0 saturated heterocycles. The molecule has 6 heteroatoms. The van der Waals surface area contributed by atoms with Crippen LogP contribution in [-0.2, 0) is 27.1 Å². The molecule has 75 heavy (non-hydrogen) atoms. The average Bonchev–Trinajstić information content (AvgIpc) is 4.02. The molecule has 7 aromatic carbocycles. The number of hydrogen-bond acceptors (Lipinski definition) is 3. The van der Waals surface area contributed by atoms with Gasteiger partial charge in [-0.25, -0.2) is 4.98 Å². The van der Waals surface area contributed by atoms with E-state index in [0.29, 0.717) is 28.6 Å². The quantitative estimate of drug-likeness (QED) is 0.113. The van der Waals surface area contributed by atoms with Crippen LogP contribution in [0.5, 0.6) is 11.5 Å². The molecule has 0 N–H and O–H groups in total. The summed E-state index contributed by atoms with van der Waals surface area (Å²) in [6.07, 6.45) is 5.59. The molecule has 0 bridgehead atoms. The Labute approximate surface area is 452 Å². The average molecular weight is 993 g/mol. The molecule has 0 amide bonds. The Morgan fingerprint density at radius 3 is 1.72 bits per heavy atom. The number of para-hydroxylation sites is 2. The summed E-state index contributed by atoms with van der Waals surface area (Å²) in [6.45, 7) is 33.0. The van der Waals surface area contributed by atoms with E-state index in [2.05, 4.69) is 218 Å². The van der Waals surface area contributed by atoms with Crippen molar-refractivity contribution in [3.8, 4) is 62.3 Å². The summed E-state index contributed by atoms with van der Waals surface area (Å²) >= 11 is 0. The molecule has 0 aliphatic carbocycles. The second-order valence-corrected chi connectivity index (χ2v) is 25.3. The highest BCUT2D eigenvalue weighted by Crippen LogP contribution is 2.41. The normalized spacial score (nSPS) is 13.7. The van der Waals surface area contributed by atoms with Crippen LogP contribution in [0.25, 0.3) is 72.6 Å². The lowest BCUT2D eigenvalue weighted by Gasteiger charge is -2.27. The maximum atomic E-state index is 9.35. The molecule has 10 rings (SSSR count). The molecule has 10 aromatic rings. The van der Waals surface area contributed by atoms with Gasteiger partial charge in [0.2, 0.25) is 0 Å². The van der Waals surface area contributed by atoms with Gasteiger partial charge < -0.3 is 4.74 Å². The van der Waals surface area contributed by atoms with Gasteiger partial charge in [-0.05, 0) is 120 Å². The zero-order chi connectivity index (χ0) is 57.8. The smallest absolute Gasteiger partial charge is 0.273 e. The van der Waals surface area contributed by atoms with E-state index in [1.807, 2.05) is 41.1 Å². The molecule has 0 radical (unpaired) electrons. The third-order valence-corrected chi connectivity index (χ3v) is 14.3. The van der Waals surface area contributed by atoms with Crippen LogP contribution in [0.1, 0.15) is 139 Å². The van der Waals surface area contributed by atoms with Gasteiger partial charge in [0.1, 0.15) is 17.3 Å². The van der Waals surface area contributed by atoms with E-state index in [4.69, 9.17) is 18.9 Å². The second kappa shape index (κ2) is 18.7. The number of fused-ring (bicyclic) bond motifs is 3. The molecule has 0 aliphatic rings. The number of hydrogen-bond donors (Lipinski definition) is 0. The number of ether oxygens (including phenoxy) is 1. The minimum Gasteiger partial charge on any atom is -0.458 e. The number of benzene rings is 7. The van der Waals surface area contributed by atoms with Gasteiger partial charge >= 0.3 is 0 Å². The van der Waals surface area contributed by atoms with Gasteiger partial charge in [0.15, 0.2) is 5.82 Å². The molecule has 0 unspecified atom stereocenters. The third-order valence-electron chi connectivity index (χ3n) is 14.3. The molecule has 0 atom stereocenters. The van der Waals surface area contributed by atoms with E-state index in [1.165, 1.54) is 5.56 Å². The monoisotopic (exact) mass is 993 g/mol. The van der Waals surface area contributed by atoms with Crippen LogP contribution in [0.2, 0.25) is 0 Å². The number of nitrogens with zero attached hydrogens (tertiary/aromatic N) is 5. The molecule has 3 aromatic heterocycles. The Kier molecular flexibility index (Phi) is 11.2. The van der Waals surface area contributed by atoms with E-state index in [9.17, 15) is 2.74 Å². The molecule has 380 valence electrons. The Hall–Kier alpha value is -7.57. The van der Waals surface area contributed by atoms with Crippen molar-refractivity contribution in [2.45, 2.75) is 131 Å². The first-order chi connectivity index (χ1) is 37.4. The summed E-state index contributed by atoms with van der Waals surface area (Å²) in [7, 11) is 0. The van der Waals surface area contributed by atoms with Gasteiger partial charge in [-0.1, -0.05) is 219 Å². The number of pyridine rings is 1. The summed E-state index contributed by atoms with van der Waals surface area (Å²) in [5.74, 6) is 2.66. The second-order valence-electron chi connectivity index (χ2n) is 25.3. The van der Waals surface area contributed by atoms with Crippen LogP contribution >= 0.6 is 0 Å². The van der Waals surface area contributed by atoms with Crippen LogP contribution in [0, 0.1) is 6.33 Å². The fraction of sp³-hybridized carbons (Fsp3) is 0.290. The fourth-order valence-electron chi connectivity index (χ4n) is 9.74. The number of aromatic nitrogens is 5. The van der Waals surface area contributed by atoms with Crippen LogP contribution in [0.4, 0.5) is 0 Å². The first-order valence-corrected chi connectivity index (χ1v) is 26.1. The molecular weight excluding hydrogens is 915 g/mol. The Morgan fingerprint density at radius 1 is 0.480 bits per heavy atom. The van der Waals surface area contributed by atoms with E-state index < -0.39 is 18.1 Å². The van der Waals surface area contributed by atoms with Crippen molar-refractivity contribution in [2.24, 2.45) is 0 Å². The van der Waals surface area contributed by atoms with Crippen LogP contribution in [0.15, 0.2) is 170 Å². The summed E-state index contributed by atoms with van der Waals surface area (Å²) < 4.78 is 57.9. The Morgan fingerprint density at radius 2 is 1.08 bits per heavy atom. The molecular formula is C69H73N5O. The predicted molar refractivity (Wildman–Crippen MR) is 312 cm³/mol. The predicted octanol–water partition coefficient (Wildman–Crippen LogP) is 17.7. The van der Waals surface area contributed by atoms with Crippen molar-refractivity contribution in [2.75, 3.05) is 0 Å². The lowest BCUT2D eigenvalue weighted by molar-refractivity contribution is -0.659. The van der Waals surface area contributed by atoms with Crippen molar-refractivity contribution in [1.82, 2.24) is 19.2 Å². The van der Waals surface area contributed by atoms with Crippen LogP contribution in [-0.4, -0.2) is 19.2 Å². The molecule has 6 nitrogen and oxygen atoms in total. The molecule has 0 saturated carbocycles. The van der Waals surface area contributed by atoms with Crippen molar-refractivity contribution in [3.63, 3.8) is 0 Å². The Bertz CT molecular complexity index is 4000. The summed E-state index contributed by atoms with van der Waals surface area (Å²) in [4.78, 5) is 4.92. The van der Waals surface area contributed by atoms with Crippen molar-refractivity contribution in [1.29, 1.82) is 0 Å². The zero-order valence-electron chi connectivity index (χ0n) is 51.4. The number of rotatable bonds is 8. The van der Waals surface area contributed by atoms with E-state index in [0.717, 1.165) is 72.3 Å². The summed E-state index contributed by atoms with van der Waals surface area (Å²) in [6, 6.07) is 44.2.